The molecule has 0 saturated heterocycles. The molecule has 0 aliphatic carbocycles. The molecule has 0 fully saturated rings. The van der Waals surface area contributed by atoms with E-state index in [-0.39, 0.29) is 29.6 Å². The van der Waals surface area contributed by atoms with Crippen LogP contribution in [0.3, 0.4) is 0 Å². The molecule has 0 spiro atoms. The second-order valence-corrected chi connectivity index (χ2v) is 8.07. The first kappa shape index (κ1) is 26.2. The molecule has 0 bridgehead atoms. The zero-order chi connectivity index (χ0) is 26.8. The molecule has 9 nitrogen and oxygen atoms in total. The summed E-state index contributed by atoms with van der Waals surface area (Å²) in [6, 6.07) is 5.57. The maximum atomic E-state index is 14.6. The molecule has 0 saturated carbocycles. The lowest BCUT2D eigenvalue weighted by molar-refractivity contribution is -0.137. The van der Waals surface area contributed by atoms with Crippen LogP contribution in [0, 0.1) is 0 Å². The summed E-state index contributed by atoms with van der Waals surface area (Å²) in [5, 5.41) is 20.6. The number of nitrogens with zero attached hydrogens (tertiary/aromatic N) is 4. The van der Waals surface area contributed by atoms with Crippen molar-refractivity contribution >= 4 is 17.7 Å². The first-order chi connectivity index (χ1) is 17.5. The Bertz CT molecular complexity index is 1290. The first-order valence-corrected chi connectivity index (χ1v) is 10.9. The van der Waals surface area contributed by atoms with Crippen LogP contribution in [0.15, 0.2) is 48.8 Å². The number of rotatable bonds is 6. The zero-order valence-corrected chi connectivity index (χ0v) is 18.9. The van der Waals surface area contributed by atoms with Gasteiger partial charge in [-0.3, -0.25) is 15.2 Å². The summed E-state index contributed by atoms with van der Waals surface area (Å²) < 4.78 is 73.8. The summed E-state index contributed by atoms with van der Waals surface area (Å²) >= 11 is 0. The summed E-state index contributed by atoms with van der Waals surface area (Å²) in [6.07, 6.45) is -4.12. The molecule has 0 radical (unpaired) electrons. The van der Waals surface area contributed by atoms with Gasteiger partial charge in [0.2, 0.25) is 5.88 Å². The quantitative estimate of drug-likeness (QED) is 0.419. The SMILES string of the molecule is O=C(Nc1cncc(OCC(O)CO)n1)N1CCC(F)(F)c2ccc(-c3cccc(C(F)(F)F)c3)nc21. The summed E-state index contributed by atoms with van der Waals surface area (Å²) in [7, 11) is 0. The van der Waals surface area contributed by atoms with Gasteiger partial charge in [0, 0.05) is 18.5 Å². The number of carbonyl (C=O) groups excluding carboxylic acids is 1. The Labute approximate surface area is 206 Å². The van der Waals surface area contributed by atoms with Gasteiger partial charge in [0.05, 0.1) is 35.8 Å². The number of aliphatic hydroxyl groups is 2. The van der Waals surface area contributed by atoms with Gasteiger partial charge in [-0.2, -0.15) is 18.2 Å². The van der Waals surface area contributed by atoms with Crippen molar-refractivity contribution in [2.45, 2.75) is 24.6 Å². The fourth-order valence-electron chi connectivity index (χ4n) is 3.53. The van der Waals surface area contributed by atoms with Gasteiger partial charge in [0.1, 0.15) is 18.5 Å². The summed E-state index contributed by atoms with van der Waals surface area (Å²) in [5.41, 5.74) is -1.48. The van der Waals surface area contributed by atoms with Crippen molar-refractivity contribution in [2.75, 3.05) is 30.0 Å². The number of nitrogens with one attached hydrogen (secondary N) is 1. The topological polar surface area (TPSA) is 121 Å². The lowest BCUT2D eigenvalue weighted by Gasteiger charge is -2.33. The van der Waals surface area contributed by atoms with Crippen LogP contribution in [0.4, 0.5) is 38.4 Å². The van der Waals surface area contributed by atoms with E-state index < -0.39 is 60.8 Å². The number of urea groups is 1. The smallest absolute Gasteiger partial charge is 0.416 e. The molecule has 37 heavy (non-hydrogen) atoms. The third-order valence-electron chi connectivity index (χ3n) is 5.39. The van der Waals surface area contributed by atoms with Crippen molar-refractivity contribution in [3.05, 3.63) is 59.9 Å². The van der Waals surface area contributed by atoms with E-state index in [1.165, 1.54) is 30.6 Å². The number of alkyl halides is 5. The van der Waals surface area contributed by atoms with Gasteiger partial charge >= 0.3 is 12.2 Å². The van der Waals surface area contributed by atoms with Crippen molar-refractivity contribution < 1.29 is 41.7 Å². The molecule has 1 aliphatic heterocycles. The highest BCUT2D eigenvalue weighted by Gasteiger charge is 2.42. The Balaban J connectivity index is 1.62. The van der Waals surface area contributed by atoms with Crippen molar-refractivity contribution in [1.29, 1.82) is 0 Å². The lowest BCUT2D eigenvalue weighted by atomic mass is 9.99. The molecule has 196 valence electrons. The number of pyridine rings is 1. The number of halogens is 5. The van der Waals surface area contributed by atoms with Crippen LogP contribution in [-0.4, -0.2) is 57.1 Å². The molecular weight excluding hydrogens is 505 g/mol. The fraction of sp³-hybridized carbons (Fsp3) is 0.304. The molecule has 1 aromatic carbocycles. The van der Waals surface area contributed by atoms with Gasteiger partial charge in [-0.05, 0) is 24.3 Å². The predicted molar refractivity (Wildman–Crippen MR) is 120 cm³/mol. The van der Waals surface area contributed by atoms with Gasteiger partial charge in [0.15, 0.2) is 5.82 Å². The predicted octanol–water partition coefficient (Wildman–Crippen LogP) is 3.82. The van der Waals surface area contributed by atoms with E-state index in [4.69, 9.17) is 9.84 Å². The number of aliphatic hydroxyl groups excluding tert-OH is 2. The Kier molecular flexibility index (Phi) is 7.23. The van der Waals surface area contributed by atoms with Crippen molar-refractivity contribution in [3.63, 3.8) is 0 Å². The minimum atomic E-state index is -4.61. The van der Waals surface area contributed by atoms with E-state index in [9.17, 15) is 31.9 Å². The number of ether oxygens (including phenoxy) is 1. The number of anilines is 2. The number of carbonyl (C=O) groups is 1. The second kappa shape index (κ2) is 10.2. The highest BCUT2D eigenvalue weighted by atomic mass is 19.4. The first-order valence-electron chi connectivity index (χ1n) is 10.9. The van der Waals surface area contributed by atoms with E-state index in [0.717, 1.165) is 23.1 Å². The Morgan fingerprint density at radius 2 is 1.97 bits per heavy atom. The van der Waals surface area contributed by atoms with Crippen molar-refractivity contribution in [2.24, 2.45) is 0 Å². The van der Waals surface area contributed by atoms with Crippen molar-refractivity contribution in [3.8, 4) is 17.1 Å². The Morgan fingerprint density at radius 3 is 2.70 bits per heavy atom. The van der Waals surface area contributed by atoms with E-state index >= 15 is 0 Å². The van der Waals surface area contributed by atoms with Crippen LogP contribution in [0.1, 0.15) is 17.5 Å². The number of fused-ring (bicyclic) bond motifs is 1. The van der Waals surface area contributed by atoms with Crippen LogP contribution in [-0.2, 0) is 12.1 Å². The van der Waals surface area contributed by atoms with Gasteiger partial charge < -0.3 is 14.9 Å². The van der Waals surface area contributed by atoms with Crippen LogP contribution in [0.2, 0.25) is 0 Å². The number of aromatic nitrogens is 3. The molecule has 14 heteroatoms. The Hall–Kier alpha value is -3.91. The van der Waals surface area contributed by atoms with Gasteiger partial charge in [-0.15, -0.1) is 0 Å². The van der Waals surface area contributed by atoms with E-state index in [1.807, 2.05) is 0 Å². The minimum Gasteiger partial charge on any atom is -0.474 e. The number of amides is 2. The molecule has 3 heterocycles. The van der Waals surface area contributed by atoms with Crippen LogP contribution < -0.4 is 15.0 Å². The molecule has 3 aromatic rings. The highest BCUT2D eigenvalue weighted by molar-refractivity contribution is 6.01. The maximum absolute atomic E-state index is 14.6. The summed E-state index contributed by atoms with van der Waals surface area (Å²) in [5.74, 6) is -3.91. The third kappa shape index (κ3) is 5.91. The normalized spacial score (nSPS) is 15.6. The summed E-state index contributed by atoms with van der Waals surface area (Å²) in [4.78, 5) is 25.9. The number of benzene rings is 1. The standard InChI is InChI=1S/C23H20F5N5O4/c24-22(25)6-7-33(21(36)32-18-9-29-10-19(31-18)37-12-15(35)11-34)20-16(22)4-5-17(30-20)13-2-1-3-14(8-13)23(26,27)28/h1-5,8-10,15,34-35H,6-7,11-12H2,(H,31,32,36). The third-order valence-corrected chi connectivity index (χ3v) is 5.39. The fourth-order valence-corrected chi connectivity index (χ4v) is 3.53. The zero-order valence-electron chi connectivity index (χ0n) is 18.9. The molecule has 2 amide bonds. The minimum absolute atomic E-state index is 0.0296. The molecule has 2 aromatic heterocycles. The molecule has 1 atom stereocenters. The molecule has 1 aliphatic rings. The molecule has 4 rings (SSSR count). The largest absolute Gasteiger partial charge is 0.474 e. The second-order valence-electron chi connectivity index (χ2n) is 8.07. The van der Waals surface area contributed by atoms with Crippen molar-refractivity contribution in [1.82, 2.24) is 15.0 Å². The van der Waals surface area contributed by atoms with E-state index in [0.29, 0.717) is 0 Å². The molecule has 3 N–H and O–H groups in total. The Morgan fingerprint density at radius 1 is 1.19 bits per heavy atom. The van der Waals surface area contributed by atoms with Gasteiger partial charge in [-0.25, -0.2) is 18.6 Å². The average Bonchev–Trinajstić information content (AvgIpc) is 2.86. The van der Waals surface area contributed by atoms with Gasteiger partial charge in [-0.1, -0.05) is 12.1 Å². The number of hydrogen-bond donors (Lipinski definition) is 3. The highest BCUT2D eigenvalue weighted by Crippen LogP contribution is 2.43. The van der Waals surface area contributed by atoms with Crippen LogP contribution >= 0.6 is 0 Å². The average molecular weight is 525 g/mol. The lowest BCUT2D eigenvalue weighted by Crippen LogP contribution is -2.43. The maximum Gasteiger partial charge on any atom is 0.416 e. The molecule has 1 unspecified atom stereocenters. The van der Waals surface area contributed by atoms with E-state index in [1.54, 1.807) is 0 Å². The van der Waals surface area contributed by atoms with E-state index in [2.05, 4.69) is 20.3 Å². The van der Waals surface area contributed by atoms with Crippen LogP contribution in [0.25, 0.3) is 11.3 Å². The summed E-state index contributed by atoms with van der Waals surface area (Å²) in [6.45, 7) is -1.27. The molecular formula is C23H20F5N5O4. The monoisotopic (exact) mass is 525 g/mol. The number of hydrogen-bond acceptors (Lipinski definition) is 7. The van der Waals surface area contributed by atoms with Crippen LogP contribution in [0.5, 0.6) is 5.88 Å². The van der Waals surface area contributed by atoms with Gasteiger partial charge in [0.25, 0.3) is 5.92 Å².